The van der Waals surface area contributed by atoms with Gasteiger partial charge in [-0.3, -0.25) is 9.59 Å². The molecule has 0 spiro atoms. The third-order valence-electron chi connectivity index (χ3n) is 11.7. The van der Waals surface area contributed by atoms with Crippen molar-refractivity contribution in [3.8, 4) is 22.4 Å². The number of nitrogens with one attached hydrogen (secondary N) is 3. The van der Waals surface area contributed by atoms with Crippen molar-refractivity contribution in [3.05, 3.63) is 108 Å². The van der Waals surface area contributed by atoms with Crippen LogP contribution in [0.15, 0.2) is 91.1 Å². The molecule has 2 fully saturated rings. The summed E-state index contributed by atoms with van der Waals surface area (Å²) in [7, 11) is 2.96. The zero-order valence-electron chi connectivity index (χ0n) is 33.3. The monoisotopic (exact) mass is 782 g/mol. The van der Waals surface area contributed by atoms with Gasteiger partial charge in [-0.1, -0.05) is 86.6 Å². The molecule has 0 saturated carbocycles. The molecule has 13 heteroatoms. The average Bonchev–Trinajstić information content (AvgIpc) is 4.08. The quantitative estimate of drug-likeness (QED) is 0.108. The Labute approximate surface area is 337 Å². The smallest absolute Gasteiger partial charge is 0.407 e. The van der Waals surface area contributed by atoms with Gasteiger partial charge in [-0.15, -0.1) is 0 Å². The van der Waals surface area contributed by atoms with Crippen LogP contribution in [-0.2, 0) is 19.1 Å². The number of fused-ring (bicyclic) bond motifs is 3. The molecule has 0 aliphatic carbocycles. The SMILES string of the molecule is COC[C@H]1C[C@@H](c2nc3ccc4cc(-c5ccc(-c6cnc([C@@H]7CCCN7C(=O)[C@H](N)c7ccccc7)[nH]6)cc5)ccc4c3[nH]2)N(C(=O)[C@@H](NC(=O)OC)C(C)C)C1. The fourth-order valence-electron chi connectivity index (χ4n) is 8.62. The number of aromatic amines is 2. The summed E-state index contributed by atoms with van der Waals surface area (Å²) in [6.07, 6.45) is 3.61. The first-order chi connectivity index (χ1) is 28.1. The Balaban J connectivity index is 1.00. The summed E-state index contributed by atoms with van der Waals surface area (Å²) < 4.78 is 10.3. The lowest BCUT2D eigenvalue weighted by Crippen LogP contribution is -2.51. The molecule has 6 aromatic rings. The third kappa shape index (κ3) is 7.54. The minimum absolute atomic E-state index is 0.0882. The number of carbonyl (C=O) groups excluding carboxylic acids is 3. The van der Waals surface area contributed by atoms with Crippen molar-refractivity contribution in [1.29, 1.82) is 0 Å². The van der Waals surface area contributed by atoms with Crippen LogP contribution in [0.5, 0.6) is 0 Å². The van der Waals surface area contributed by atoms with Gasteiger partial charge in [-0.25, -0.2) is 14.8 Å². The van der Waals surface area contributed by atoms with Crippen LogP contribution in [0.2, 0.25) is 0 Å². The first-order valence-electron chi connectivity index (χ1n) is 20.0. The lowest BCUT2D eigenvalue weighted by atomic mass is 9.99. The van der Waals surface area contributed by atoms with Gasteiger partial charge in [0.05, 0.1) is 48.7 Å². The number of nitrogens with zero attached hydrogens (tertiary/aromatic N) is 4. The van der Waals surface area contributed by atoms with Crippen LogP contribution in [0.1, 0.15) is 68.4 Å². The largest absolute Gasteiger partial charge is 0.453 e. The molecule has 2 saturated heterocycles. The molecule has 2 aliphatic rings. The van der Waals surface area contributed by atoms with Crippen LogP contribution in [0, 0.1) is 11.8 Å². The Morgan fingerprint density at radius 2 is 1.64 bits per heavy atom. The molecule has 8 rings (SSSR count). The minimum Gasteiger partial charge on any atom is -0.453 e. The predicted octanol–water partition coefficient (Wildman–Crippen LogP) is 7.05. The maximum atomic E-state index is 14.0. The number of alkyl carbamates (subject to hydrolysis) is 1. The van der Waals surface area contributed by atoms with E-state index < -0.39 is 18.2 Å². The first kappa shape index (κ1) is 38.8. The Kier molecular flexibility index (Phi) is 11.0. The molecular formula is C45H50N8O5. The number of amides is 3. The van der Waals surface area contributed by atoms with Crippen molar-refractivity contribution in [2.45, 2.75) is 57.3 Å². The highest BCUT2D eigenvalue weighted by molar-refractivity contribution is 6.05. The summed E-state index contributed by atoms with van der Waals surface area (Å²) in [6, 6.07) is 26.5. The Morgan fingerprint density at radius 3 is 2.38 bits per heavy atom. The van der Waals surface area contributed by atoms with Crippen molar-refractivity contribution in [3.63, 3.8) is 0 Å². The van der Waals surface area contributed by atoms with Gasteiger partial charge in [0.15, 0.2) is 0 Å². The Bertz CT molecular complexity index is 2430. The van der Waals surface area contributed by atoms with Gasteiger partial charge in [0.2, 0.25) is 11.8 Å². The molecule has 5 atom stereocenters. The van der Waals surface area contributed by atoms with Gasteiger partial charge >= 0.3 is 6.09 Å². The number of likely N-dealkylation sites (tertiary alicyclic amines) is 2. The summed E-state index contributed by atoms with van der Waals surface area (Å²) in [6.45, 7) is 5.47. The molecule has 13 nitrogen and oxygen atoms in total. The van der Waals surface area contributed by atoms with E-state index in [-0.39, 0.29) is 35.7 Å². The summed E-state index contributed by atoms with van der Waals surface area (Å²) >= 11 is 0. The summed E-state index contributed by atoms with van der Waals surface area (Å²) in [5.41, 5.74) is 13.0. The molecule has 4 aromatic carbocycles. The van der Waals surface area contributed by atoms with Crippen molar-refractivity contribution in [2.24, 2.45) is 17.6 Å². The fraction of sp³-hybridized carbons (Fsp3) is 0.356. The normalized spacial score (nSPS) is 19.2. The van der Waals surface area contributed by atoms with Crippen LogP contribution in [0.3, 0.4) is 0 Å². The highest BCUT2D eigenvalue weighted by Crippen LogP contribution is 2.38. The predicted molar refractivity (Wildman–Crippen MR) is 222 cm³/mol. The maximum Gasteiger partial charge on any atom is 0.407 e. The molecule has 0 unspecified atom stereocenters. The summed E-state index contributed by atoms with van der Waals surface area (Å²) in [5, 5.41) is 4.82. The van der Waals surface area contributed by atoms with Crippen LogP contribution in [0.4, 0.5) is 4.79 Å². The second-order valence-corrected chi connectivity index (χ2v) is 15.8. The van der Waals surface area contributed by atoms with Gasteiger partial charge in [-0.2, -0.15) is 0 Å². The molecule has 4 heterocycles. The first-order valence-corrected chi connectivity index (χ1v) is 20.0. The molecule has 3 amide bonds. The zero-order valence-corrected chi connectivity index (χ0v) is 33.3. The number of aromatic nitrogens is 4. The second-order valence-electron chi connectivity index (χ2n) is 15.8. The highest BCUT2D eigenvalue weighted by Gasteiger charge is 2.42. The number of imidazole rings is 2. The third-order valence-corrected chi connectivity index (χ3v) is 11.7. The van der Waals surface area contributed by atoms with E-state index in [4.69, 9.17) is 25.2 Å². The molecule has 5 N–H and O–H groups in total. The number of methoxy groups -OCH3 is 2. The standard InChI is InChI=1S/C45H50N8O5/c1-26(2)39(51-45(56)58-4)44(55)53-24-27(25-57-3)21-37(53)42-48-34-19-17-32-22-31(16-18-33(32)40(34)50-42)28-12-14-29(15-13-28)35-23-47-41(49-35)36-11-8-20-52(36)43(54)38(46)30-9-6-5-7-10-30/h5-7,9-10,12-19,22-23,26-27,36-39H,8,11,20-21,24-25,46H2,1-4H3,(H,47,49)(H,48,50)(H,51,56)/t27-,36-,37-,38+,39-/m0/s1. The number of ether oxygens (including phenoxy) is 2. The molecule has 2 aliphatic heterocycles. The van der Waals surface area contributed by atoms with E-state index in [0.29, 0.717) is 31.9 Å². The number of rotatable bonds is 11. The topological polar surface area (TPSA) is 172 Å². The Morgan fingerprint density at radius 1 is 0.879 bits per heavy atom. The van der Waals surface area contributed by atoms with Crippen molar-refractivity contribution in [2.75, 3.05) is 33.9 Å². The number of hydrogen-bond donors (Lipinski definition) is 4. The van der Waals surface area contributed by atoms with E-state index >= 15 is 0 Å². The zero-order chi connectivity index (χ0) is 40.5. The lowest BCUT2D eigenvalue weighted by Gasteiger charge is -2.30. The van der Waals surface area contributed by atoms with Crippen LogP contribution >= 0.6 is 0 Å². The molecule has 2 aromatic heterocycles. The lowest BCUT2D eigenvalue weighted by molar-refractivity contribution is -0.136. The van der Waals surface area contributed by atoms with E-state index in [2.05, 4.69) is 63.8 Å². The van der Waals surface area contributed by atoms with E-state index in [1.807, 2.05) is 66.2 Å². The maximum absolute atomic E-state index is 14.0. The van der Waals surface area contributed by atoms with Gasteiger partial charge < -0.3 is 40.3 Å². The molecule has 0 radical (unpaired) electrons. The highest BCUT2D eigenvalue weighted by atomic mass is 16.5. The number of carbonyl (C=O) groups is 3. The van der Waals surface area contributed by atoms with Gasteiger partial charge in [0, 0.05) is 31.5 Å². The average molecular weight is 783 g/mol. The van der Waals surface area contributed by atoms with Crippen molar-refractivity contribution >= 4 is 39.7 Å². The summed E-state index contributed by atoms with van der Waals surface area (Å²) in [4.78, 5) is 60.0. The van der Waals surface area contributed by atoms with E-state index in [1.54, 1.807) is 7.11 Å². The van der Waals surface area contributed by atoms with Gasteiger partial charge in [0.25, 0.3) is 0 Å². The van der Waals surface area contributed by atoms with Gasteiger partial charge in [0.1, 0.15) is 23.7 Å². The van der Waals surface area contributed by atoms with Crippen LogP contribution in [-0.4, -0.2) is 87.6 Å². The molecular weight excluding hydrogens is 733 g/mol. The van der Waals surface area contributed by atoms with Gasteiger partial charge in [-0.05, 0) is 65.0 Å². The van der Waals surface area contributed by atoms with Crippen LogP contribution in [0.25, 0.3) is 44.2 Å². The fourth-order valence-corrected chi connectivity index (χ4v) is 8.62. The molecule has 58 heavy (non-hydrogen) atoms. The number of hydrogen-bond acceptors (Lipinski definition) is 8. The molecule has 0 bridgehead atoms. The van der Waals surface area contributed by atoms with Crippen molar-refractivity contribution in [1.82, 2.24) is 35.1 Å². The molecule has 300 valence electrons. The van der Waals surface area contributed by atoms with Crippen LogP contribution < -0.4 is 11.1 Å². The summed E-state index contributed by atoms with van der Waals surface area (Å²) in [5.74, 6) is 1.19. The minimum atomic E-state index is -0.740. The van der Waals surface area contributed by atoms with E-state index in [0.717, 1.165) is 68.4 Å². The number of H-pyrrole nitrogens is 2. The Hall–Kier alpha value is -6.05. The number of benzene rings is 4. The van der Waals surface area contributed by atoms with E-state index in [1.165, 1.54) is 7.11 Å². The van der Waals surface area contributed by atoms with E-state index in [9.17, 15) is 14.4 Å². The second kappa shape index (κ2) is 16.4. The number of nitrogens with two attached hydrogens (primary N) is 1. The van der Waals surface area contributed by atoms with Crippen molar-refractivity contribution < 1.29 is 23.9 Å².